The molecule has 0 aliphatic heterocycles. The SMILES string of the molecule is Cc1c(-c2ccccc2)ccnc1/C=N/NC(=S)Nc1ccccc1. The molecule has 1 aromatic heterocycles. The highest BCUT2D eigenvalue weighted by molar-refractivity contribution is 7.80. The van der Waals surface area contributed by atoms with Crippen molar-refractivity contribution in [2.24, 2.45) is 5.10 Å². The van der Waals surface area contributed by atoms with E-state index < -0.39 is 0 Å². The lowest BCUT2D eigenvalue weighted by atomic mass is 10.0. The predicted octanol–water partition coefficient (Wildman–Crippen LogP) is 4.38. The molecular formula is C20H18N4S. The largest absolute Gasteiger partial charge is 0.331 e. The summed E-state index contributed by atoms with van der Waals surface area (Å²) in [6.07, 6.45) is 3.47. The first-order valence-electron chi connectivity index (χ1n) is 7.90. The zero-order valence-electron chi connectivity index (χ0n) is 13.8. The van der Waals surface area contributed by atoms with Gasteiger partial charge in [0, 0.05) is 11.9 Å². The van der Waals surface area contributed by atoms with Crippen LogP contribution in [0, 0.1) is 6.92 Å². The third-order valence-corrected chi connectivity index (χ3v) is 3.91. The summed E-state index contributed by atoms with van der Waals surface area (Å²) >= 11 is 5.23. The standard InChI is InChI=1S/C20H18N4S/c1-15-18(16-8-4-2-5-9-16)12-13-21-19(15)14-22-24-20(25)23-17-10-6-3-7-11-17/h2-14H,1H3,(H2,23,24,25)/b22-14+. The third-order valence-electron chi connectivity index (χ3n) is 3.71. The highest BCUT2D eigenvalue weighted by Gasteiger charge is 2.05. The summed E-state index contributed by atoms with van der Waals surface area (Å²) in [4.78, 5) is 4.39. The molecule has 2 N–H and O–H groups in total. The summed E-state index contributed by atoms with van der Waals surface area (Å²) in [6.45, 7) is 2.04. The van der Waals surface area contributed by atoms with Crippen molar-refractivity contribution in [3.05, 3.63) is 84.2 Å². The van der Waals surface area contributed by atoms with Gasteiger partial charge in [-0.15, -0.1) is 0 Å². The fourth-order valence-corrected chi connectivity index (χ4v) is 2.62. The molecule has 0 atom stereocenters. The second-order valence-electron chi connectivity index (χ2n) is 5.42. The summed E-state index contributed by atoms with van der Waals surface area (Å²) in [6, 6.07) is 21.9. The Hall–Kier alpha value is -3.05. The van der Waals surface area contributed by atoms with E-state index in [9.17, 15) is 0 Å². The Bertz CT molecular complexity index is 877. The number of anilines is 1. The summed E-state index contributed by atoms with van der Waals surface area (Å²) < 4.78 is 0. The molecule has 0 saturated carbocycles. The molecule has 0 unspecified atom stereocenters. The monoisotopic (exact) mass is 346 g/mol. The number of para-hydroxylation sites is 1. The lowest BCUT2D eigenvalue weighted by Crippen LogP contribution is -2.23. The highest BCUT2D eigenvalue weighted by atomic mass is 32.1. The van der Waals surface area contributed by atoms with Crippen molar-refractivity contribution in [2.75, 3.05) is 5.32 Å². The molecular weight excluding hydrogens is 328 g/mol. The Labute approximate surface area is 152 Å². The van der Waals surface area contributed by atoms with Crippen molar-refractivity contribution in [3.63, 3.8) is 0 Å². The highest BCUT2D eigenvalue weighted by Crippen LogP contribution is 2.23. The Morgan fingerprint density at radius 2 is 1.68 bits per heavy atom. The first-order chi connectivity index (χ1) is 12.2. The van der Waals surface area contributed by atoms with Crippen LogP contribution in [0.15, 0.2) is 78.0 Å². The quantitative estimate of drug-likeness (QED) is 0.418. The lowest BCUT2D eigenvalue weighted by molar-refractivity contribution is 1.05. The van der Waals surface area contributed by atoms with Gasteiger partial charge in [-0.25, -0.2) is 0 Å². The maximum absolute atomic E-state index is 5.23. The van der Waals surface area contributed by atoms with Crippen LogP contribution in [0.2, 0.25) is 0 Å². The summed E-state index contributed by atoms with van der Waals surface area (Å²) in [5.74, 6) is 0. The second kappa shape index (κ2) is 8.17. The van der Waals surface area contributed by atoms with E-state index >= 15 is 0 Å². The molecule has 0 fully saturated rings. The minimum atomic E-state index is 0.430. The number of rotatable bonds is 4. The molecule has 2 aromatic carbocycles. The molecule has 0 spiro atoms. The molecule has 0 saturated heterocycles. The van der Waals surface area contributed by atoms with Gasteiger partial charge in [-0.3, -0.25) is 10.4 Å². The molecule has 4 nitrogen and oxygen atoms in total. The summed E-state index contributed by atoms with van der Waals surface area (Å²) in [5.41, 5.74) is 7.90. The van der Waals surface area contributed by atoms with Crippen LogP contribution in [0.25, 0.3) is 11.1 Å². The third kappa shape index (κ3) is 4.49. The van der Waals surface area contributed by atoms with Crippen LogP contribution in [-0.4, -0.2) is 16.3 Å². The zero-order chi connectivity index (χ0) is 17.5. The van der Waals surface area contributed by atoms with Crippen LogP contribution in [0.5, 0.6) is 0 Å². The van der Waals surface area contributed by atoms with Gasteiger partial charge < -0.3 is 5.32 Å². The van der Waals surface area contributed by atoms with E-state index in [1.54, 1.807) is 12.4 Å². The van der Waals surface area contributed by atoms with Crippen LogP contribution in [0.4, 0.5) is 5.69 Å². The van der Waals surface area contributed by atoms with E-state index in [1.807, 2.05) is 61.5 Å². The van der Waals surface area contributed by atoms with Gasteiger partial charge in [-0.1, -0.05) is 48.5 Å². The lowest BCUT2D eigenvalue weighted by Gasteiger charge is -2.08. The van der Waals surface area contributed by atoms with Crippen molar-refractivity contribution < 1.29 is 0 Å². The molecule has 0 aliphatic rings. The van der Waals surface area contributed by atoms with Crippen LogP contribution < -0.4 is 10.7 Å². The summed E-state index contributed by atoms with van der Waals surface area (Å²) in [7, 11) is 0. The van der Waals surface area contributed by atoms with Gasteiger partial charge in [-0.05, 0) is 54.0 Å². The minimum absolute atomic E-state index is 0.430. The van der Waals surface area contributed by atoms with Gasteiger partial charge in [0.2, 0.25) is 0 Å². The minimum Gasteiger partial charge on any atom is -0.331 e. The van der Waals surface area contributed by atoms with Gasteiger partial charge >= 0.3 is 0 Å². The fraction of sp³-hybridized carbons (Fsp3) is 0.0500. The Morgan fingerprint density at radius 1 is 1.00 bits per heavy atom. The van der Waals surface area contributed by atoms with Gasteiger partial charge in [0.25, 0.3) is 0 Å². The number of thiocarbonyl (C=S) groups is 1. The van der Waals surface area contributed by atoms with Crippen molar-refractivity contribution >= 4 is 29.2 Å². The molecule has 3 aromatic rings. The molecule has 5 heteroatoms. The average molecular weight is 346 g/mol. The number of aromatic nitrogens is 1. The first kappa shape index (κ1) is 16.8. The van der Waals surface area contributed by atoms with Crippen molar-refractivity contribution in [1.29, 1.82) is 0 Å². The molecule has 0 bridgehead atoms. The molecule has 25 heavy (non-hydrogen) atoms. The number of benzene rings is 2. The van der Waals surface area contributed by atoms with Gasteiger partial charge in [0.1, 0.15) is 0 Å². The number of hydrogen-bond acceptors (Lipinski definition) is 3. The van der Waals surface area contributed by atoms with Gasteiger partial charge in [0.05, 0.1) is 11.9 Å². The van der Waals surface area contributed by atoms with Crippen LogP contribution >= 0.6 is 12.2 Å². The predicted molar refractivity (Wildman–Crippen MR) is 108 cm³/mol. The van der Waals surface area contributed by atoms with Crippen molar-refractivity contribution in [3.8, 4) is 11.1 Å². The van der Waals surface area contributed by atoms with E-state index in [4.69, 9.17) is 12.2 Å². The smallest absolute Gasteiger partial charge is 0.191 e. The van der Waals surface area contributed by atoms with E-state index in [0.29, 0.717) is 5.11 Å². The first-order valence-corrected chi connectivity index (χ1v) is 8.31. The number of hydrogen-bond donors (Lipinski definition) is 2. The topological polar surface area (TPSA) is 49.3 Å². The van der Waals surface area contributed by atoms with Crippen LogP contribution in [-0.2, 0) is 0 Å². The zero-order valence-corrected chi connectivity index (χ0v) is 14.6. The number of pyridine rings is 1. The van der Waals surface area contributed by atoms with Crippen molar-refractivity contribution in [2.45, 2.75) is 6.92 Å². The molecule has 0 radical (unpaired) electrons. The van der Waals surface area contributed by atoms with Gasteiger partial charge in [-0.2, -0.15) is 5.10 Å². The Morgan fingerprint density at radius 3 is 2.40 bits per heavy atom. The maximum Gasteiger partial charge on any atom is 0.191 e. The van der Waals surface area contributed by atoms with E-state index in [1.165, 1.54) is 0 Å². The van der Waals surface area contributed by atoms with E-state index in [-0.39, 0.29) is 0 Å². The fourth-order valence-electron chi connectivity index (χ4n) is 2.45. The van der Waals surface area contributed by atoms with Crippen LogP contribution in [0.3, 0.4) is 0 Å². The Kier molecular flexibility index (Phi) is 5.49. The van der Waals surface area contributed by atoms with Gasteiger partial charge in [0.15, 0.2) is 5.11 Å². The second-order valence-corrected chi connectivity index (χ2v) is 5.83. The average Bonchev–Trinajstić information content (AvgIpc) is 2.65. The van der Waals surface area contributed by atoms with E-state index in [2.05, 4.69) is 33.0 Å². The Balaban J connectivity index is 1.69. The summed E-state index contributed by atoms with van der Waals surface area (Å²) in [5, 5.41) is 7.69. The van der Waals surface area contributed by atoms with E-state index in [0.717, 1.165) is 28.1 Å². The number of nitrogens with zero attached hydrogens (tertiary/aromatic N) is 2. The molecule has 0 aliphatic carbocycles. The molecule has 0 amide bonds. The maximum atomic E-state index is 5.23. The number of hydrazone groups is 1. The molecule has 3 rings (SSSR count). The molecule has 124 valence electrons. The molecule has 1 heterocycles. The normalized spacial score (nSPS) is 10.6. The van der Waals surface area contributed by atoms with Crippen molar-refractivity contribution in [1.82, 2.24) is 10.4 Å². The van der Waals surface area contributed by atoms with Crippen LogP contribution in [0.1, 0.15) is 11.3 Å². The number of nitrogens with one attached hydrogen (secondary N) is 2.